The number of carbonyl (C=O) groups is 3. The van der Waals surface area contributed by atoms with Crippen LogP contribution in [0.4, 0.5) is 0 Å². The minimum atomic E-state index is -0.637. The van der Waals surface area contributed by atoms with Crippen LogP contribution in [0.5, 0.6) is 5.75 Å². The van der Waals surface area contributed by atoms with Crippen LogP contribution in [0.2, 0.25) is 0 Å². The minimum Gasteiger partial charge on any atom is -0.507 e. The Hall–Kier alpha value is -3.65. The van der Waals surface area contributed by atoms with Crippen LogP contribution in [-0.4, -0.2) is 47.9 Å². The van der Waals surface area contributed by atoms with E-state index in [2.05, 4.69) is 10.9 Å². The van der Waals surface area contributed by atoms with Crippen molar-refractivity contribution in [1.29, 1.82) is 0 Å². The molecular formula is C22H23N3O5. The fourth-order valence-electron chi connectivity index (χ4n) is 3.37. The number of amides is 2. The third-order valence-corrected chi connectivity index (χ3v) is 4.85. The first-order valence-electron chi connectivity index (χ1n) is 9.40. The quantitative estimate of drug-likeness (QED) is 0.365. The topological polar surface area (TPSA) is 108 Å². The summed E-state index contributed by atoms with van der Waals surface area (Å²) in [7, 11) is 1.53. The Bertz CT molecular complexity index is 987. The number of ether oxygens (including phenoxy) is 1. The minimum absolute atomic E-state index is 0.0814. The summed E-state index contributed by atoms with van der Waals surface area (Å²) in [4.78, 5) is 39.3. The fourth-order valence-corrected chi connectivity index (χ4v) is 3.37. The predicted octanol–water partition coefficient (Wildman–Crippen LogP) is 1.70. The number of carbonyl (C=O) groups excluding carboxylic acids is 3. The molecule has 0 saturated carbocycles. The molecule has 1 fully saturated rings. The third kappa shape index (κ3) is 4.18. The summed E-state index contributed by atoms with van der Waals surface area (Å²) in [5.41, 5.74) is 6.63. The number of para-hydroxylation sites is 1. The molecule has 3 rings (SSSR count). The van der Waals surface area contributed by atoms with E-state index >= 15 is 0 Å². The van der Waals surface area contributed by atoms with E-state index in [4.69, 9.17) is 4.74 Å². The molecule has 8 nitrogen and oxygen atoms in total. The molecular weight excluding hydrogens is 386 g/mol. The highest BCUT2D eigenvalue weighted by molar-refractivity contribution is 6.45. The monoisotopic (exact) mass is 409 g/mol. The number of aromatic hydroxyl groups is 1. The first kappa shape index (κ1) is 21.1. The van der Waals surface area contributed by atoms with E-state index in [9.17, 15) is 19.5 Å². The largest absolute Gasteiger partial charge is 0.507 e. The summed E-state index contributed by atoms with van der Waals surface area (Å²) in [6, 6.07) is 14.7. The van der Waals surface area contributed by atoms with Crippen LogP contribution in [0.25, 0.3) is 0 Å². The van der Waals surface area contributed by atoms with Gasteiger partial charge in [0.1, 0.15) is 5.75 Å². The molecule has 2 amide bonds. The smallest absolute Gasteiger partial charge is 0.295 e. The zero-order valence-corrected chi connectivity index (χ0v) is 16.7. The van der Waals surface area contributed by atoms with Crippen molar-refractivity contribution in [2.75, 3.05) is 20.3 Å². The van der Waals surface area contributed by atoms with Crippen molar-refractivity contribution in [2.24, 2.45) is 0 Å². The number of hydrazine groups is 1. The molecule has 0 unspecified atom stereocenters. The summed E-state index contributed by atoms with van der Waals surface area (Å²) in [5.74, 6) is -2.00. The van der Waals surface area contributed by atoms with Gasteiger partial charge in [0.05, 0.1) is 23.8 Å². The van der Waals surface area contributed by atoms with Crippen molar-refractivity contribution in [1.82, 2.24) is 15.8 Å². The molecule has 156 valence electrons. The van der Waals surface area contributed by atoms with Crippen LogP contribution in [0.15, 0.2) is 65.9 Å². The maximum absolute atomic E-state index is 12.8. The lowest BCUT2D eigenvalue weighted by Crippen LogP contribution is -2.37. The zero-order chi connectivity index (χ0) is 21.7. The van der Waals surface area contributed by atoms with Gasteiger partial charge in [-0.2, -0.15) is 0 Å². The van der Waals surface area contributed by atoms with Gasteiger partial charge in [0.2, 0.25) is 0 Å². The Morgan fingerprint density at radius 3 is 2.40 bits per heavy atom. The molecule has 1 atom stereocenters. The predicted molar refractivity (Wildman–Crippen MR) is 109 cm³/mol. The van der Waals surface area contributed by atoms with Gasteiger partial charge in [-0.05, 0) is 24.6 Å². The van der Waals surface area contributed by atoms with Crippen molar-refractivity contribution in [3.05, 3.63) is 77.0 Å². The average Bonchev–Trinajstić information content (AvgIpc) is 3.01. The lowest BCUT2D eigenvalue weighted by molar-refractivity contribution is -0.140. The number of hydrogen-bond donors (Lipinski definition) is 3. The van der Waals surface area contributed by atoms with Crippen molar-refractivity contribution in [3.63, 3.8) is 0 Å². The van der Waals surface area contributed by atoms with Gasteiger partial charge < -0.3 is 20.2 Å². The third-order valence-electron chi connectivity index (χ3n) is 4.85. The van der Waals surface area contributed by atoms with Gasteiger partial charge in [-0.25, -0.2) is 0 Å². The number of hydrogen-bond acceptors (Lipinski definition) is 6. The number of phenols is 1. The van der Waals surface area contributed by atoms with Crippen molar-refractivity contribution in [2.45, 2.75) is 13.0 Å². The summed E-state index contributed by atoms with van der Waals surface area (Å²) >= 11 is 0. The second-order valence-electron chi connectivity index (χ2n) is 6.77. The number of ketones is 1. The molecule has 8 heteroatoms. The van der Waals surface area contributed by atoms with Gasteiger partial charge in [-0.3, -0.25) is 19.8 Å². The van der Waals surface area contributed by atoms with E-state index < -0.39 is 23.6 Å². The van der Waals surface area contributed by atoms with Gasteiger partial charge in [0, 0.05) is 19.4 Å². The van der Waals surface area contributed by atoms with Crippen LogP contribution < -0.4 is 10.9 Å². The molecule has 0 bridgehead atoms. The van der Waals surface area contributed by atoms with Gasteiger partial charge in [-0.15, -0.1) is 0 Å². The second kappa shape index (κ2) is 9.23. The van der Waals surface area contributed by atoms with Gasteiger partial charge in [-0.1, -0.05) is 42.5 Å². The number of likely N-dealkylation sites (tertiary alicyclic amines) is 1. The molecule has 1 heterocycles. The van der Waals surface area contributed by atoms with E-state index in [1.165, 1.54) is 24.1 Å². The molecule has 2 aromatic carbocycles. The van der Waals surface area contributed by atoms with Crippen LogP contribution in [0.1, 0.15) is 28.9 Å². The lowest BCUT2D eigenvalue weighted by atomic mass is 9.97. The number of nitrogens with one attached hydrogen (secondary N) is 2. The van der Waals surface area contributed by atoms with Gasteiger partial charge in [0.25, 0.3) is 17.6 Å². The average molecular weight is 409 g/mol. The lowest BCUT2D eigenvalue weighted by Gasteiger charge is -2.25. The van der Waals surface area contributed by atoms with Crippen LogP contribution in [0, 0.1) is 0 Å². The maximum Gasteiger partial charge on any atom is 0.295 e. The Morgan fingerprint density at radius 1 is 1.07 bits per heavy atom. The normalized spacial score (nSPS) is 17.8. The van der Waals surface area contributed by atoms with E-state index in [-0.39, 0.29) is 30.0 Å². The molecule has 0 radical (unpaired) electrons. The Balaban J connectivity index is 1.90. The number of nitrogens with zero attached hydrogens (tertiary/aromatic N) is 1. The number of Topliss-reactive ketones (excluding diaryl/α,β-unsaturated/α-hetero) is 1. The van der Waals surface area contributed by atoms with E-state index in [1.54, 1.807) is 19.1 Å². The summed E-state index contributed by atoms with van der Waals surface area (Å²) < 4.78 is 5.09. The highest BCUT2D eigenvalue weighted by atomic mass is 16.5. The van der Waals surface area contributed by atoms with Gasteiger partial charge >= 0.3 is 0 Å². The van der Waals surface area contributed by atoms with E-state index in [0.29, 0.717) is 5.70 Å². The van der Waals surface area contributed by atoms with Crippen LogP contribution in [0.3, 0.4) is 0 Å². The zero-order valence-electron chi connectivity index (χ0n) is 16.7. The Labute approximate surface area is 174 Å². The molecule has 0 aliphatic carbocycles. The molecule has 30 heavy (non-hydrogen) atoms. The summed E-state index contributed by atoms with van der Waals surface area (Å²) in [6.45, 7) is 2.15. The second-order valence-corrected chi connectivity index (χ2v) is 6.77. The molecule has 1 saturated heterocycles. The van der Waals surface area contributed by atoms with Crippen LogP contribution in [-0.2, 0) is 14.3 Å². The number of rotatable bonds is 7. The number of benzene rings is 2. The number of methoxy groups -OCH3 is 1. The Kier molecular flexibility index (Phi) is 6.48. The fraction of sp³-hybridized carbons (Fsp3) is 0.227. The summed E-state index contributed by atoms with van der Waals surface area (Å²) in [5, 5.41) is 9.82. The first-order chi connectivity index (χ1) is 14.5. The summed E-state index contributed by atoms with van der Waals surface area (Å²) in [6.07, 6.45) is 0. The highest BCUT2D eigenvalue weighted by Gasteiger charge is 2.44. The standard InChI is InChI=1S/C22H23N3O5/c1-14(23-24-21(28)16-10-6-7-11-17(16)26)18-19(15-8-4-3-5-9-15)25(12-13-30-2)22(29)20(18)27/h3-11,19,23,26H,12-13H2,1-2H3,(H,24,28)/b18-14+/t19-/m1/s1. The molecule has 1 aliphatic heterocycles. The molecule has 1 aliphatic rings. The molecule has 0 aromatic heterocycles. The first-order valence-corrected chi connectivity index (χ1v) is 9.40. The highest BCUT2D eigenvalue weighted by Crippen LogP contribution is 2.36. The van der Waals surface area contributed by atoms with E-state index in [0.717, 1.165) is 5.56 Å². The van der Waals surface area contributed by atoms with Crippen molar-refractivity contribution < 1.29 is 24.2 Å². The van der Waals surface area contributed by atoms with Crippen molar-refractivity contribution >= 4 is 17.6 Å². The molecule has 3 N–H and O–H groups in total. The maximum atomic E-state index is 12.8. The number of phenolic OH excluding ortho intramolecular Hbond substituents is 1. The SMILES string of the molecule is COCCN1C(=O)C(=O)/C(=C(\C)NNC(=O)c2ccccc2O)[C@H]1c1ccccc1. The van der Waals surface area contributed by atoms with Gasteiger partial charge in [0.15, 0.2) is 0 Å². The van der Waals surface area contributed by atoms with Crippen LogP contribution >= 0.6 is 0 Å². The Morgan fingerprint density at radius 2 is 1.73 bits per heavy atom. The molecule has 0 spiro atoms. The number of allylic oxidation sites excluding steroid dienone is 1. The van der Waals surface area contributed by atoms with E-state index in [1.807, 2.05) is 30.3 Å². The van der Waals surface area contributed by atoms with Crippen molar-refractivity contribution in [3.8, 4) is 5.75 Å². The molecule has 2 aromatic rings.